The molecule has 0 fully saturated rings. The highest BCUT2D eigenvalue weighted by molar-refractivity contribution is 5.27. The SMILES string of the molecule is CCCC(CCC)c1ccc(C#N)cn1. The summed E-state index contributed by atoms with van der Waals surface area (Å²) in [5.41, 5.74) is 1.78. The van der Waals surface area contributed by atoms with Crippen molar-refractivity contribution in [2.75, 3.05) is 0 Å². The molecule has 1 heterocycles. The van der Waals surface area contributed by atoms with E-state index in [1.54, 1.807) is 6.20 Å². The minimum atomic E-state index is 0.563. The zero-order chi connectivity index (χ0) is 11.1. The molecule has 0 amide bonds. The molecule has 1 aromatic heterocycles. The lowest BCUT2D eigenvalue weighted by Gasteiger charge is -2.14. The van der Waals surface area contributed by atoms with Crippen molar-refractivity contribution in [1.82, 2.24) is 4.98 Å². The van der Waals surface area contributed by atoms with Crippen molar-refractivity contribution in [3.8, 4) is 6.07 Å². The standard InChI is InChI=1S/C13H18N2/c1-3-5-12(6-4-2)13-8-7-11(9-14)10-15-13/h7-8,10,12H,3-6H2,1-2H3. The molecule has 0 aliphatic carbocycles. The van der Waals surface area contributed by atoms with Gasteiger partial charge in [-0.15, -0.1) is 0 Å². The summed E-state index contributed by atoms with van der Waals surface area (Å²) in [5.74, 6) is 0.563. The topological polar surface area (TPSA) is 36.7 Å². The van der Waals surface area contributed by atoms with Crippen LogP contribution in [-0.4, -0.2) is 4.98 Å². The van der Waals surface area contributed by atoms with Crippen LogP contribution >= 0.6 is 0 Å². The third kappa shape index (κ3) is 3.36. The fourth-order valence-electron chi connectivity index (χ4n) is 1.85. The third-order valence-electron chi connectivity index (χ3n) is 2.61. The highest BCUT2D eigenvalue weighted by atomic mass is 14.7. The van der Waals surface area contributed by atoms with Crippen molar-refractivity contribution in [2.24, 2.45) is 0 Å². The van der Waals surface area contributed by atoms with Crippen LogP contribution in [0.3, 0.4) is 0 Å². The van der Waals surface area contributed by atoms with Gasteiger partial charge in [-0.2, -0.15) is 5.26 Å². The van der Waals surface area contributed by atoms with Crippen LogP contribution in [0.25, 0.3) is 0 Å². The van der Waals surface area contributed by atoms with E-state index in [-0.39, 0.29) is 0 Å². The first-order valence-electron chi connectivity index (χ1n) is 5.67. The molecule has 0 aromatic carbocycles. The van der Waals surface area contributed by atoms with Crippen molar-refractivity contribution in [1.29, 1.82) is 5.26 Å². The fourth-order valence-corrected chi connectivity index (χ4v) is 1.85. The summed E-state index contributed by atoms with van der Waals surface area (Å²) in [5, 5.41) is 8.68. The minimum Gasteiger partial charge on any atom is -0.260 e. The van der Waals surface area contributed by atoms with Crippen molar-refractivity contribution in [3.05, 3.63) is 29.6 Å². The molecule has 0 N–H and O–H groups in total. The van der Waals surface area contributed by atoms with Gasteiger partial charge in [0, 0.05) is 17.8 Å². The number of pyridine rings is 1. The molecular formula is C13H18N2. The normalized spacial score (nSPS) is 10.3. The summed E-state index contributed by atoms with van der Waals surface area (Å²) >= 11 is 0. The molecular weight excluding hydrogens is 184 g/mol. The molecule has 0 saturated carbocycles. The summed E-state index contributed by atoms with van der Waals surface area (Å²) in [7, 11) is 0. The highest BCUT2D eigenvalue weighted by Crippen LogP contribution is 2.24. The zero-order valence-corrected chi connectivity index (χ0v) is 9.53. The van der Waals surface area contributed by atoms with E-state index in [4.69, 9.17) is 5.26 Å². The predicted molar refractivity (Wildman–Crippen MR) is 61.5 cm³/mol. The molecule has 1 aromatic rings. The summed E-state index contributed by atoms with van der Waals surface area (Å²) in [4.78, 5) is 4.36. The van der Waals surface area contributed by atoms with Gasteiger partial charge in [0.25, 0.3) is 0 Å². The van der Waals surface area contributed by atoms with Crippen molar-refractivity contribution < 1.29 is 0 Å². The Bertz CT molecular complexity index is 315. The molecule has 0 aliphatic heterocycles. The van der Waals surface area contributed by atoms with Crippen molar-refractivity contribution >= 4 is 0 Å². The Hall–Kier alpha value is -1.36. The average Bonchev–Trinajstić information content (AvgIpc) is 2.29. The van der Waals surface area contributed by atoms with E-state index in [0.717, 1.165) is 5.69 Å². The van der Waals surface area contributed by atoms with Gasteiger partial charge in [0.15, 0.2) is 0 Å². The zero-order valence-electron chi connectivity index (χ0n) is 9.53. The van der Waals surface area contributed by atoms with Gasteiger partial charge in [-0.1, -0.05) is 26.7 Å². The largest absolute Gasteiger partial charge is 0.260 e. The Balaban J connectivity index is 2.77. The molecule has 0 spiro atoms. The van der Waals surface area contributed by atoms with Crippen LogP contribution in [0.1, 0.15) is 56.7 Å². The van der Waals surface area contributed by atoms with E-state index in [2.05, 4.69) is 24.9 Å². The molecule has 0 saturated heterocycles. The maximum absolute atomic E-state index is 8.68. The van der Waals surface area contributed by atoms with Crippen LogP contribution in [0.5, 0.6) is 0 Å². The molecule has 2 heteroatoms. The number of hydrogen-bond donors (Lipinski definition) is 0. The van der Waals surface area contributed by atoms with Crippen LogP contribution in [-0.2, 0) is 0 Å². The van der Waals surface area contributed by atoms with Crippen molar-refractivity contribution in [2.45, 2.75) is 45.4 Å². The molecule has 0 unspecified atom stereocenters. The maximum atomic E-state index is 8.68. The van der Waals surface area contributed by atoms with E-state index in [1.807, 2.05) is 12.1 Å². The Morgan fingerprint density at radius 3 is 2.33 bits per heavy atom. The monoisotopic (exact) mass is 202 g/mol. The Kier molecular flexibility index (Phi) is 4.83. The maximum Gasteiger partial charge on any atom is 0.101 e. The minimum absolute atomic E-state index is 0.563. The smallest absolute Gasteiger partial charge is 0.101 e. The lowest BCUT2D eigenvalue weighted by atomic mass is 9.94. The Morgan fingerprint density at radius 1 is 1.27 bits per heavy atom. The van der Waals surface area contributed by atoms with Crippen LogP contribution in [0.2, 0.25) is 0 Å². The fraction of sp³-hybridized carbons (Fsp3) is 0.538. The molecule has 0 aliphatic rings. The van der Waals surface area contributed by atoms with E-state index in [1.165, 1.54) is 25.7 Å². The molecule has 2 nitrogen and oxygen atoms in total. The number of nitrogens with zero attached hydrogens (tertiary/aromatic N) is 2. The van der Waals surface area contributed by atoms with Gasteiger partial charge in [-0.25, -0.2) is 0 Å². The molecule has 0 bridgehead atoms. The quantitative estimate of drug-likeness (QED) is 0.731. The Labute approximate surface area is 92.0 Å². The molecule has 1 rings (SSSR count). The van der Waals surface area contributed by atoms with Gasteiger partial charge in [0.05, 0.1) is 5.56 Å². The first-order chi connectivity index (χ1) is 7.31. The average molecular weight is 202 g/mol. The van der Waals surface area contributed by atoms with Crippen LogP contribution in [0.15, 0.2) is 18.3 Å². The summed E-state index contributed by atoms with van der Waals surface area (Å²) in [6.45, 7) is 4.40. The molecule has 0 radical (unpaired) electrons. The van der Waals surface area contributed by atoms with E-state index in [9.17, 15) is 0 Å². The first-order valence-corrected chi connectivity index (χ1v) is 5.67. The van der Waals surface area contributed by atoms with Gasteiger partial charge >= 0.3 is 0 Å². The number of hydrogen-bond acceptors (Lipinski definition) is 2. The first kappa shape index (κ1) is 11.7. The summed E-state index contributed by atoms with van der Waals surface area (Å²) < 4.78 is 0. The van der Waals surface area contributed by atoms with Crippen LogP contribution in [0.4, 0.5) is 0 Å². The second-order valence-electron chi connectivity index (χ2n) is 3.86. The van der Waals surface area contributed by atoms with Gasteiger partial charge < -0.3 is 0 Å². The van der Waals surface area contributed by atoms with Crippen LogP contribution in [0, 0.1) is 11.3 Å². The summed E-state index contributed by atoms with van der Waals surface area (Å²) in [6, 6.07) is 5.95. The van der Waals surface area contributed by atoms with E-state index < -0.39 is 0 Å². The van der Waals surface area contributed by atoms with Crippen LogP contribution < -0.4 is 0 Å². The Morgan fingerprint density at radius 2 is 1.93 bits per heavy atom. The van der Waals surface area contributed by atoms with Gasteiger partial charge in [-0.3, -0.25) is 4.98 Å². The van der Waals surface area contributed by atoms with Gasteiger partial charge in [-0.05, 0) is 25.0 Å². The lowest BCUT2D eigenvalue weighted by molar-refractivity contribution is 0.548. The highest BCUT2D eigenvalue weighted by Gasteiger charge is 2.10. The molecule has 80 valence electrons. The second kappa shape index (κ2) is 6.19. The number of nitriles is 1. The third-order valence-corrected chi connectivity index (χ3v) is 2.61. The number of aromatic nitrogens is 1. The number of rotatable bonds is 5. The predicted octanol–water partition coefficient (Wildman–Crippen LogP) is 3.64. The molecule has 15 heavy (non-hydrogen) atoms. The van der Waals surface area contributed by atoms with E-state index in [0.29, 0.717) is 11.5 Å². The molecule has 0 atom stereocenters. The van der Waals surface area contributed by atoms with Crippen molar-refractivity contribution in [3.63, 3.8) is 0 Å². The second-order valence-corrected chi connectivity index (χ2v) is 3.86. The lowest BCUT2D eigenvalue weighted by Crippen LogP contribution is -2.01. The summed E-state index contributed by atoms with van der Waals surface area (Å²) in [6.07, 6.45) is 6.42. The van der Waals surface area contributed by atoms with Gasteiger partial charge in [0.2, 0.25) is 0 Å². The van der Waals surface area contributed by atoms with E-state index >= 15 is 0 Å². The van der Waals surface area contributed by atoms with Gasteiger partial charge in [0.1, 0.15) is 6.07 Å².